The summed E-state index contributed by atoms with van der Waals surface area (Å²) >= 11 is 0. The number of aromatic nitrogens is 2. The average Bonchev–Trinajstić information content (AvgIpc) is 2.66. The van der Waals surface area contributed by atoms with Crippen LogP contribution in [0.15, 0.2) is 17.3 Å². The number of aliphatic hydroxyl groups excluding tert-OH is 1. The summed E-state index contributed by atoms with van der Waals surface area (Å²) in [4.78, 5) is 0.124. The molecule has 1 atom stereocenters. The molecule has 0 saturated heterocycles. The minimum Gasteiger partial charge on any atom is -0.394 e. The average molecular weight is 261 g/mol. The number of aliphatic hydroxyl groups is 1. The van der Waals surface area contributed by atoms with Crippen LogP contribution >= 0.6 is 0 Å². The SMILES string of the molecule is CC(C)C(C)NS(=O)(=O)c1cnn(CCO)c1. The maximum atomic E-state index is 11.9. The molecular weight excluding hydrogens is 242 g/mol. The first-order valence-corrected chi connectivity index (χ1v) is 7.01. The molecule has 1 heterocycles. The maximum Gasteiger partial charge on any atom is 0.243 e. The molecule has 0 aliphatic heterocycles. The van der Waals surface area contributed by atoms with Gasteiger partial charge in [-0.3, -0.25) is 4.68 Å². The van der Waals surface area contributed by atoms with Crippen LogP contribution in [-0.2, 0) is 16.6 Å². The van der Waals surface area contributed by atoms with Crippen LogP contribution < -0.4 is 4.72 Å². The summed E-state index contributed by atoms with van der Waals surface area (Å²) in [5.41, 5.74) is 0. The Morgan fingerprint density at radius 2 is 2.12 bits per heavy atom. The number of nitrogens with one attached hydrogen (secondary N) is 1. The third-order valence-electron chi connectivity index (χ3n) is 2.59. The van der Waals surface area contributed by atoms with Crippen molar-refractivity contribution in [2.24, 2.45) is 5.92 Å². The Morgan fingerprint density at radius 3 is 2.65 bits per heavy atom. The first kappa shape index (κ1) is 14.1. The molecule has 0 saturated carbocycles. The van der Waals surface area contributed by atoms with Crippen molar-refractivity contribution < 1.29 is 13.5 Å². The van der Waals surface area contributed by atoms with Crippen LogP contribution in [0.1, 0.15) is 20.8 Å². The van der Waals surface area contributed by atoms with E-state index in [-0.39, 0.29) is 30.0 Å². The second kappa shape index (κ2) is 5.61. The Morgan fingerprint density at radius 1 is 1.47 bits per heavy atom. The van der Waals surface area contributed by atoms with E-state index < -0.39 is 10.0 Å². The molecule has 0 aliphatic rings. The van der Waals surface area contributed by atoms with E-state index in [9.17, 15) is 8.42 Å². The Labute approximate surface area is 102 Å². The smallest absolute Gasteiger partial charge is 0.243 e. The summed E-state index contributed by atoms with van der Waals surface area (Å²) < 4.78 is 27.9. The highest BCUT2D eigenvalue weighted by atomic mass is 32.2. The highest BCUT2D eigenvalue weighted by molar-refractivity contribution is 7.89. The van der Waals surface area contributed by atoms with E-state index in [0.29, 0.717) is 0 Å². The van der Waals surface area contributed by atoms with Gasteiger partial charge < -0.3 is 5.11 Å². The molecule has 0 aliphatic carbocycles. The predicted molar refractivity (Wildman–Crippen MR) is 63.9 cm³/mol. The number of nitrogens with zero attached hydrogens (tertiary/aromatic N) is 2. The molecule has 1 aromatic heterocycles. The molecule has 1 rings (SSSR count). The van der Waals surface area contributed by atoms with Gasteiger partial charge in [0, 0.05) is 12.2 Å². The van der Waals surface area contributed by atoms with Crippen molar-refractivity contribution in [2.75, 3.05) is 6.61 Å². The predicted octanol–water partition coefficient (Wildman–Crippen LogP) is 0.198. The third-order valence-corrected chi connectivity index (χ3v) is 4.10. The van der Waals surface area contributed by atoms with E-state index in [2.05, 4.69) is 9.82 Å². The monoisotopic (exact) mass is 261 g/mol. The molecule has 98 valence electrons. The van der Waals surface area contributed by atoms with E-state index in [4.69, 9.17) is 5.11 Å². The van der Waals surface area contributed by atoms with Gasteiger partial charge in [0.1, 0.15) is 4.90 Å². The lowest BCUT2D eigenvalue weighted by Crippen LogP contribution is -2.35. The highest BCUT2D eigenvalue weighted by Crippen LogP contribution is 2.10. The van der Waals surface area contributed by atoms with Gasteiger partial charge in [-0.2, -0.15) is 5.10 Å². The lowest BCUT2D eigenvalue weighted by molar-refractivity contribution is 0.269. The summed E-state index contributed by atoms with van der Waals surface area (Å²) in [6, 6.07) is -0.138. The van der Waals surface area contributed by atoms with E-state index in [0.717, 1.165) is 0 Å². The van der Waals surface area contributed by atoms with Crippen LogP contribution in [0.4, 0.5) is 0 Å². The van der Waals surface area contributed by atoms with E-state index in [1.165, 1.54) is 17.1 Å². The van der Waals surface area contributed by atoms with Gasteiger partial charge in [0.2, 0.25) is 10.0 Å². The van der Waals surface area contributed by atoms with Crippen molar-refractivity contribution in [3.05, 3.63) is 12.4 Å². The van der Waals surface area contributed by atoms with Gasteiger partial charge in [0.05, 0.1) is 19.3 Å². The fraction of sp³-hybridized carbons (Fsp3) is 0.700. The third kappa shape index (κ3) is 3.79. The van der Waals surface area contributed by atoms with Crippen molar-refractivity contribution in [1.29, 1.82) is 0 Å². The fourth-order valence-corrected chi connectivity index (χ4v) is 2.50. The van der Waals surface area contributed by atoms with Gasteiger partial charge in [0.15, 0.2) is 0 Å². The number of rotatable bonds is 6. The molecule has 0 spiro atoms. The number of hydrogen-bond donors (Lipinski definition) is 2. The summed E-state index contributed by atoms with van der Waals surface area (Å²) in [7, 11) is -3.52. The van der Waals surface area contributed by atoms with E-state index in [1.54, 1.807) is 0 Å². The van der Waals surface area contributed by atoms with Crippen LogP contribution in [0, 0.1) is 5.92 Å². The number of sulfonamides is 1. The van der Waals surface area contributed by atoms with Gasteiger partial charge in [-0.25, -0.2) is 13.1 Å². The minimum atomic E-state index is -3.52. The number of hydrogen-bond acceptors (Lipinski definition) is 4. The Bertz CT molecular complexity index is 453. The molecule has 1 unspecified atom stereocenters. The fourth-order valence-electron chi connectivity index (χ4n) is 1.16. The van der Waals surface area contributed by atoms with Gasteiger partial charge in [-0.1, -0.05) is 13.8 Å². The second-order valence-electron chi connectivity index (χ2n) is 4.32. The van der Waals surface area contributed by atoms with Gasteiger partial charge in [0.25, 0.3) is 0 Å². The van der Waals surface area contributed by atoms with Crippen LogP contribution in [0.5, 0.6) is 0 Å². The molecule has 0 amide bonds. The molecule has 7 heteroatoms. The van der Waals surface area contributed by atoms with Crippen LogP contribution in [0.25, 0.3) is 0 Å². The van der Waals surface area contributed by atoms with Crippen LogP contribution in [-0.4, -0.2) is 36.0 Å². The lowest BCUT2D eigenvalue weighted by Gasteiger charge is -2.16. The molecule has 0 fully saturated rings. The Hall–Kier alpha value is -0.920. The van der Waals surface area contributed by atoms with Crippen LogP contribution in [0.3, 0.4) is 0 Å². The van der Waals surface area contributed by atoms with Crippen molar-refractivity contribution in [1.82, 2.24) is 14.5 Å². The van der Waals surface area contributed by atoms with Crippen molar-refractivity contribution in [3.8, 4) is 0 Å². The zero-order valence-electron chi connectivity index (χ0n) is 10.3. The minimum absolute atomic E-state index is 0.0724. The Kier molecular flexibility index (Phi) is 4.67. The molecule has 2 N–H and O–H groups in total. The summed E-state index contributed by atoms with van der Waals surface area (Å²) in [5.74, 6) is 0.220. The molecule has 6 nitrogen and oxygen atoms in total. The summed E-state index contributed by atoms with van der Waals surface area (Å²) in [6.45, 7) is 5.93. The second-order valence-corrected chi connectivity index (χ2v) is 6.03. The summed E-state index contributed by atoms with van der Waals surface area (Å²) in [5, 5.41) is 12.6. The molecular formula is C10H19N3O3S. The normalized spacial score (nSPS) is 14.2. The first-order chi connectivity index (χ1) is 7.86. The largest absolute Gasteiger partial charge is 0.394 e. The Balaban J connectivity index is 2.82. The molecule has 0 aromatic carbocycles. The quantitative estimate of drug-likeness (QED) is 0.766. The highest BCUT2D eigenvalue weighted by Gasteiger charge is 2.20. The van der Waals surface area contributed by atoms with Crippen molar-refractivity contribution in [2.45, 2.75) is 38.3 Å². The topological polar surface area (TPSA) is 84.2 Å². The summed E-state index contributed by atoms with van der Waals surface area (Å²) in [6.07, 6.45) is 2.69. The standard InChI is InChI=1S/C10H19N3O3S/c1-8(2)9(3)12-17(15,16)10-6-11-13(7-10)4-5-14/h6-9,12,14H,4-5H2,1-3H3. The zero-order chi connectivity index (χ0) is 13.1. The van der Waals surface area contributed by atoms with Gasteiger partial charge in [-0.05, 0) is 12.8 Å². The maximum absolute atomic E-state index is 11.9. The molecule has 1 aromatic rings. The first-order valence-electron chi connectivity index (χ1n) is 5.52. The zero-order valence-corrected chi connectivity index (χ0v) is 11.1. The molecule has 17 heavy (non-hydrogen) atoms. The molecule has 0 radical (unpaired) electrons. The van der Waals surface area contributed by atoms with E-state index >= 15 is 0 Å². The van der Waals surface area contributed by atoms with Crippen molar-refractivity contribution >= 4 is 10.0 Å². The molecule has 0 bridgehead atoms. The van der Waals surface area contributed by atoms with Crippen molar-refractivity contribution in [3.63, 3.8) is 0 Å². The van der Waals surface area contributed by atoms with Gasteiger partial charge >= 0.3 is 0 Å². The van der Waals surface area contributed by atoms with E-state index in [1.807, 2.05) is 20.8 Å². The lowest BCUT2D eigenvalue weighted by atomic mass is 10.1. The van der Waals surface area contributed by atoms with Crippen LogP contribution in [0.2, 0.25) is 0 Å². The van der Waals surface area contributed by atoms with Gasteiger partial charge in [-0.15, -0.1) is 0 Å².